The lowest BCUT2D eigenvalue weighted by Gasteiger charge is -2.24. The number of rotatable bonds is 10. The van der Waals surface area contributed by atoms with Gasteiger partial charge in [0.1, 0.15) is 12.3 Å². The zero-order chi connectivity index (χ0) is 24.7. The number of aromatic nitrogens is 2. The predicted molar refractivity (Wildman–Crippen MR) is 130 cm³/mol. The van der Waals surface area contributed by atoms with Crippen molar-refractivity contribution in [2.75, 3.05) is 36.1 Å². The van der Waals surface area contributed by atoms with Crippen molar-refractivity contribution in [3.63, 3.8) is 0 Å². The van der Waals surface area contributed by atoms with E-state index in [4.69, 9.17) is 4.74 Å². The molecule has 0 atom stereocenters. The third-order valence-corrected chi connectivity index (χ3v) is 8.18. The van der Waals surface area contributed by atoms with Crippen LogP contribution < -0.4 is 14.4 Å². The zero-order valence-corrected chi connectivity index (χ0v) is 21.0. The summed E-state index contributed by atoms with van der Waals surface area (Å²) in [6, 6.07) is 12.7. The molecule has 13 heteroatoms. The molecule has 1 N–H and O–H groups in total. The van der Waals surface area contributed by atoms with Gasteiger partial charge in [-0.1, -0.05) is 40.8 Å². The Morgan fingerprint density at radius 1 is 1.06 bits per heavy atom. The van der Waals surface area contributed by atoms with Crippen molar-refractivity contribution in [3.8, 4) is 5.75 Å². The molecule has 180 valence electrons. The molecule has 10 nitrogen and oxygen atoms in total. The molecule has 3 aromatic rings. The summed E-state index contributed by atoms with van der Waals surface area (Å²) in [4.78, 5) is 24.1. The lowest BCUT2D eigenvalue weighted by atomic mass is 10.2. The number of hydrogen-bond donors (Lipinski definition) is 1. The summed E-state index contributed by atoms with van der Waals surface area (Å²) in [6.45, 7) is 1.36. The molecule has 2 aromatic carbocycles. The van der Waals surface area contributed by atoms with Crippen LogP contribution in [0.3, 0.4) is 0 Å². The Balaban J connectivity index is 1.81. The summed E-state index contributed by atoms with van der Waals surface area (Å²) in [7, 11) is -1.26. The highest BCUT2D eigenvalue weighted by Crippen LogP contribution is 2.28. The molecule has 0 saturated carbocycles. The summed E-state index contributed by atoms with van der Waals surface area (Å²) in [5, 5.41) is 10.5. The first-order chi connectivity index (χ1) is 16.2. The number of nitrogens with zero attached hydrogens (tertiary/aromatic N) is 3. The fourth-order valence-corrected chi connectivity index (χ4v) is 5.71. The molecule has 1 heterocycles. The van der Waals surface area contributed by atoms with E-state index < -0.39 is 28.4 Å². The smallest absolute Gasteiger partial charge is 0.316 e. The van der Waals surface area contributed by atoms with Crippen molar-refractivity contribution < 1.29 is 27.5 Å². The van der Waals surface area contributed by atoms with Crippen LogP contribution in [0, 0.1) is 6.92 Å². The first-order valence-corrected chi connectivity index (χ1v) is 13.0. The minimum Gasteiger partial charge on any atom is -0.497 e. The van der Waals surface area contributed by atoms with Crippen molar-refractivity contribution in [2.24, 2.45) is 0 Å². The lowest BCUT2D eigenvalue weighted by molar-refractivity contribution is -0.137. The molecule has 0 spiro atoms. The van der Waals surface area contributed by atoms with Crippen LogP contribution in [-0.4, -0.2) is 57.0 Å². The van der Waals surface area contributed by atoms with Gasteiger partial charge in [0.05, 0.1) is 30.6 Å². The van der Waals surface area contributed by atoms with E-state index in [1.54, 1.807) is 36.4 Å². The third-order valence-electron chi connectivity index (χ3n) is 4.45. The molecule has 0 aliphatic rings. The Morgan fingerprint density at radius 2 is 1.74 bits per heavy atom. The van der Waals surface area contributed by atoms with Gasteiger partial charge in [0.25, 0.3) is 10.0 Å². The van der Waals surface area contributed by atoms with Gasteiger partial charge in [0.15, 0.2) is 4.34 Å². The molecule has 0 aliphatic carbocycles. The van der Waals surface area contributed by atoms with Gasteiger partial charge in [-0.2, -0.15) is 0 Å². The van der Waals surface area contributed by atoms with E-state index in [0.29, 0.717) is 15.8 Å². The number of methoxy groups -OCH3 is 2. The van der Waals surface area contributed by atoms with Crippen molar-refractivity contribution in [1.82, 2.24) is 10.2 Å². The Bertz CT molecular complexity index is 1240. The Labute approximate surface area is 205 Å². The van der Waals surface area contributed by atoms with Crippen LogP contribution >= 0.6 is 23.1 Å². The molecule has 34 heavy (non-hydrogen) atoms. The highest BCUT2D eigenvalue weighted by atomic mass is 32.2. The minimum atomic E-state index is -4.05. The van der Waals surface area contributed by atoms with Crippen LogP contribution in [0.5, 0.6) is 5.75 Å². The average Bonchev–Trinajstić information content (AvgIpc) is 3.28. The fourth-order valence-electron chi connectivity index (χ4n) is 2.69. The number of nitrogens with one attached hydrogen (secondary N) is 1. The summed E-state index contributed by atoms with van der Waals surface area (Å²) in [6.07, 6.45) is 0. The minimum absolute atomic E-state index is 0.0547. The maximum Gasteiger partial charge on any atom is 0.316 e. The third kappa shape index (κ3) is 6.46. The predicted octanol–water partition coefficient (Wildman–Crippen LogP) is 2.95. The van der Waals surface area contributed by atoms with Crippen LogP contribution in [0.2, 0.25) is 0 Å². The molecular formula is C21H22N4O6S3. The van der Waals surface area contributed by atoms with Gasteiger partial charge >= 0.3 is 5.97 Å². The average molecular weight is 523 g/mol. The summed E-state index contributed by atoms with van der Waals surface area (Å²) in [5.41, 5.74) is 1.20. The maximum absolute atomic E-state index is 13.4. The van der Waals surface area contributed by atoms with Crippen molar-refractivity contribution >= 4 is 55.8 Å². The monoisotopic (exact) mass is 522 g/mol. The van der Waals surface area contributed by atoms with E-state index >= 15 is 0 Å². The van der Waals surface area contributed by atoms with Crippen LogP contribution in [0.15, 0.2) is 57.8 Å². The number of ether oxygens (including phenoxy) is 2. The highest BCUT2D eigenvalue weighted by molar-refractivity contribution is 8.01. The second kappa shape index (κ2) is 11.3. The zero-order valence-electron chi connectivity index (χ0n) is 18.5. The van der Waals surface area contributed by atoms with Crippen molar-refractivity contribution in [2.45, 2.75) is 16.2 Å². The molecule has 0 bridgehead atoms. The van der Waals surface area contributed by atoms with Crippen molar-refractivity contribution in [1.29, 1.82) is 0 Å². The molecule has 0 aliphatic heterocycles. The van der Waals surface area contributed by atoms with Crippen molar-refractivity contribution in [3.05, 3.63) is 54.1 Å². The quantitative estimate of drug-likeness (QED) is 0.243. The molecule has 3 rings (SSSR count). The van der Waals surface area contributed by atoms with Gasteiger partial charge in [-0.25, -0.2) is 8.42 Å². The number of hydrogen-bond acceptors (Lipinski definition) is 10. The first-order valence-electron chi connectivity index (χ1n) is 9.79. The number of aryl methyl sites for hydroxylation is 1. The van der Waals surface area contributed by atoms with Crippen LogP contribution in [0.25, 0.3) is 0 Å². The molecule has 0 saturated heterocycles. The van der Waals surface area contributed by atoms with E-state index in [-0.39, 0.29) is 15.8 Å². The SMILES string of the molecule is COC(=O)CSc1nnc(NC(=O)CN(c2ccc(OC)cc2)S(=O)(=O)c2ccc(C)cc2)s1. The van der Waals surface area contributed by atoms with Gasteiger partial charge in [0.2, 0.25) is 11.0 Å². The summed E-state index contributed by atoms with van der Waals surface area (Å²) >= 11 is 2.18. The van der Waals surface area contributed by atoms with E-state index in [1.807, 2.05) is 6.92 Å². The number of amides is 1. The standard InChI is InChI=1S/C21H22N4O6S3/c1-14-4-10-17(11-5-14)34(28,29)25(15-6-8-16(30-2)9-7-15)12-18(26)22-20-23-24-21(33-20)32-13-19(27)31-3/h4-11H,12-13H2,1-3H3,(H,22,23,26). The van der Waals surface area contributed by atoms with Crippen LogP contribution in [0.1, 0.15) is 5.56 Å². The summed E-state index contributed by atoms with van der Waals surface area (Å²) in [5.74, 6) is -0.416. The normalized spacial score (nSPS) is 11.0. The van der Waals surface area contributed by atoms with E-state index in [1.165, 1.54) is 26.4 Å². The van der Waals surface area contributed by atoms with Gasteiger partial charge < -0.3 is 9.47 Å². The topological polar surface area (TPSA) is 128 Å². The first kappa shape index (κ1) is 25.5. The molecule has 0 unspecified atom stereocenters. The maximum atomic E-state index is 13.4. The van der Waals surface area contributed by atoms with Gasteiger partial charge in [-0.05, 0) is 43.3 Å². The number of anilines is 2. The molecule has 1 aromatic heterocycles. The van der Waals surface area contributed by atoms with E-state index in [2.05, 4.69) is 20.3 Å². The number of carbonyl (C=O) groups is 2. The number of benzene rings is 2. The number of sulfonamides is 1. The second-order valence-electron chi connectivity index (χ2n) is 6.81. The molecule has 1 amide bonds. The fraction of sp³-hybridized carbons (Fsp3) is 0.238. The number of esters is 1. The summed E-state index contributed by atoms with van der Waals surface area (Å²) < 4.78 is 38.0. The lowest BCUT2D eigenvalue weighted by Crippen LogP contribution is -2.38. The van der Waals surface area contributed by atoms with E-state index in [0.717, 1.165) is 33.0 Å². The highest BCUT2D eigenvalue weighted by Gasteiger charge is 2.27. The Kier molecular flexibility index (Phi) is 8.47. The Morgan fingerprint density at radius 3 is 2.35 bits per heavy atom. The van der Waals surface area contributed by atoms with Gasteiger partial charge in [-0.3, -0.25) is 19.2 Å². The van der Waals surface area contributed by atoms with Crippen LogP contribution in [-0.2, 0) is 24.3 Å². The van der Waals surface area contributed by atoms with E-state index in [9.17, 15) is 18.0 Å². The largest absolute Gasteiger partial charge is 0.497 e. The van der Waals surface area contributed by atoms with Gasteiger partial charge in [-0.15, -0.1) is 10.2 Å². The second-order valence-corrected chi connectivity index (χ2v) is 10.9. The Hall–Kier alpha value is -3.16. The van der Waals surface area contributed by atoms with Crippen LogP contribution in [0.4, 0.5) is 10.8 Å². The molecular weight excluding hydrogens is 500 g/mol. The number of thioether (sulfide) groups is 1. The van der Waals surface area contributed by atoms with Gasteiger partial charge in [0, 0.05) is 0 Å². The molecule has 0 radical (unpaired) electrons. The molecule has 0 fully saturated rings. The number of carbonyl (C=O) groups excluding carboxylic acids is 2.